The summed E-state index contributed by atoms with van der Waals surface area (Å²) in [4.78, 5) is 12.5. The molecule has 80 valence electrons. The second kappa shape index (κ2) is 5.81. The molecule has 0 radical (unpaired) electrons. The van der Waals surface area contributed by atoms with Crippen molar-refractivity contribution in [2.45, 2.75) is 38.1 Å². The van der Waals surface area contributed by atoms with E-state index in [1.807, 2.05) is 0 Å². The van der Waals surface area contributed by atoms with Crippen LogP contribution in [0.5, 0.6) is 0 Å². The number of rotatable bonds is 4. The molecule has 0 aliphatic heterocycles. The van der Waals surface area contributed by atoms with Crippen LogP contribution in [0.1, 0.15) is 32.1 Å². The molecule has 0 atom stereocenters. The van der Waals surface area contributed by atoms with Crippen molar-refractivity contribution in [2.75, 3.05) is 13.6 Å². The first kappa shape index (κ1) is 11.2. The Kier molecular flexibility index (Phi) is 4.66. The zero-order chi connectivity index (χ0) is 10.4. The molecule has 1 N–H and O–H groups in total. The highest BCUT2D eigenvalue weighted by molar-refractivity contribution is 5.79. The molecule has 0 unspecified atom stereocenters. The van der Waals surface area contributed by atoms with E-state index in [-0.39, 0.29) is 0 Å². The third-order valence-corrected chi connectivity index (χ3v) is 2.85. The Morgan fingerprint density at radius 3 is 2.64 bits per heavy atom. The Morgan fingerprint density at radius 1 is 1.43 bits per heavy atom. The molecule has 3 heteroatoms. The average Bonchev–Trinajstić information content (AvgIpc) is 2.18. The maximum Gasteiger partial charge on any atom is 0.328 e. The maximum absolute atomic E-state index is 10.3. The van der Waals surface area contributed by atoms with Crippen LogP contribution in [0.15, 0.2) is 12.2 Å². The summed E-state index contributed by atoms with van der Waals surface area (Å²) in [5, 5.41) is 8.43. The van der Waals surface area contributed by atoms with E-state index in [2.05, 4.69) is 11.9 Å². The van der Waals surface area contributed by atoms with E-state index in [1.54, 1.807) is 6.08 Å². The van der Waals surface area contributed by atoms with E-state index in [4.69, 9.17) is 5.11 Å². The highest BCUT2D eigenvalue weighted by atomic mass is 16.4. The molecule has 0 bridgehead atoms. The minimum absolute atomic E-state index is 0.655. The summed E-state index contributed by atoms with van der Waals surface area (Å²) in [6, 6.07) is 0.655. The zero-order valence-electron chi connectivity index (χ0n) is 8.78. The van der Waals surface area contributed by atoms with E-state index in [1.165, 1.54) is 38.2 Å². The second-order valence-electron chi connectivity index (χ2n) is 3.97. The van der Waals surface area contributed by atoms with E-state index in [0.29, 0.717) is 6.04 Å². The molecule has 1 aliphatic carbocycles. The Hall–Kier alpha value is -0.830. The Bertz CT molecular complexity index is 207. The lowest BCUT2D eigenvalue weighted by Crippen LogP contribution is -2.33. The van der Waals surface area contributed by atoms with Crippen LogP contribution in [0, 0.1) is 0 Å². The third-order valence-electron chi connectivity index (χ3n) is 2.85. The van der Waals surface area contributed by atoms with Crippen LogP contribution in [0.25, 0.3) is 0 Å². The van der Waals surface area contributed by atoms with Crippen LogP contribution in [-0.2, 0) is 4.79 Å². The minimum atomic E-state index is -0.859. The second-order valence-corrected chi connectivity index (χ2v) is 3.97. The van der Waals surface area contributed by atoms with E-state index in [9.17, 15) is 4.79 Å². The maximum atomic E-state index is 10.3. The summed E-state index contributed by atoms with van der Waals surface area (Å²) in [5.41, 5.74) is 0. The summed E-state index contributed by atoms with van der Waals surface area (Å²) in [7, 11) is 2.07. The predicted molar refractivity (Wildman–Crippen MR) is 56.3 cm³/mol. The highest BCUT2D eigenvalue weighted by Gasteiger charge is 2.16. The molecule has 3 nitrogen and oxygen atoms in total. The summed E-state index contributed by atoms with van der Waals surface area (Å²) in [6.45, 7) is 0.747. The topological polar surface area (TPSA) is 40.5 Å². The van der Waals surface area contributed by atoms with Crippen molar-refractivity contribution in [2.24, 2.45) is 0 Å². The fourth-order valence-electron chi connectivity index (χ4n) is 1.99. The van der Waals surface area contributed by atoms with Gasteiger partial charge in [0.25, 0.3) is 0 Å². The van der Waals surface area contributed by atoms with Crippen LogP contribution >= 0.6 is 0 Å². The molecule has 1 rings (SSSR count). The number of likely N-dealkylation sites (N-methyl/N-ethyl adjacent to an activating group) is 1. The normalized spacial score (nSPS) is 19.3. The molecule has 0 aromatic rings. The van der Waals surface area contributed by atoms with Gasteiger partial charge in [-0.05, 0) is 19.9 Å². The number of nitrogens with zero attached hydrogens (tertiary/aromatic N) is 1. The van der Waals surface area contributed by atoms with Gasteiger partial charge in [0.2, 0.25) is 0 Å². The Labute approximate surface area is 85.4 Å². The van der Waals surface area contributed by atoms with Crippen molar-refractivity contribution in [3.05, 3.63) is 12.2 Å². The van der Waals surface area contributed by atoms with Gasteiger partial charge in [0.05, 0.1) is 0 Å². The van der Waals surface area contributed by atoms with Gasteiger partial charge in [-0.1, -0.05) is 25.3 Å². The first-order valence-corrected chi connectivity index (χ1v) is 5.30. The lowest BCUT2D eigenvalue weighted by molar-refractivity contribution is -0.131. The third kappa shape index (κ3) is 3.92. The lowest BCUT2D eigenvalue weighted by atomic mass is 9.94. The van der Waals surface area contributed by atoms with Crippen LogP contribution in [0.2, 0.25) is 0 Å². The molecule has 14 heavy (non-hydrogen) atoms. The molecular formula is C11H19NO2. The summed E-state index contributed by atoms with van der Waals surface area (Å²) < 4.78 is 0. The number of carboxylic acids is 1. The van der Waals surface area contributed by atoms with Gasteiger partial charge in [0, 0.05) is 18.7 Å². The van der Waals surface area contributed by atoms with Crippen molar-refractivity contribution in [1.29, 1.82) is 0 Å². The minimum Gasteiger partial charge on any atom is -0.478 e. The molecule has 0 spiro atoms. The van der Waals surface area contributed by atoms with Crippen LogP contribution < -0.4 is 0 Å². The first-order chi connectivity index (χ1) is 6.70. The van der Waals surface area contributed by atoms with Crippen LogP contribution in [0.4, 0.5) is 0 Å². The number of carboxylic acid groups (broad SMARTS) is 1. The SMILES string of the molecule is CN(CC=CC(=O)O)C1CCCCC1. The quantitative estimate of drug-likeness (QED) is 0.700. The number of carbonyl (C=O) groups is 1. The summed E-state index contributed by atoms with van der Waals surface area (Å²) in [6.07, 6.45) is 9.45. The van der Waals surface area contributed by atoms with E-state index in [0.717, 1.165) is 6.54 Å². The molecule has 1 aliphatic rings. The Balaban J connectivity index is 2.25. The first-order valence-electron chi connectivity index (χ1n) is 5.30. The van der Waals surface area contributed by atoms with Gasteiger partial charge in [0.15, 0.2) is 0 Å². The van der Waals surface area contributed by atoms with Gasteiger partial charge in [-0.15, -0.1) is 0 Å². The van der Waals surface area contributed by atoms with Crippen LogP contribution in [-0.4, -0.2) is 35.6 Å². The average molecular weight is 197 g/mol. The van der Waals surface area contributed by atoms with Gasteiger partial charge in [-0.3, -0.25) is 4.90 Å². The van der Waals surface area contributed by atoms with Gasteiger partial charge >= 0.3 is 5.97 Å². The highest BCUT2D eigenvalue weighted by Crippen LogP contribution is 2.21. The number of hydrogen-bond donors (Lipinski definition) is 1. The van der Waals surface area contributed by atoms with Gasteiger partial charge in [0.1, 0.15) is 0 Å². The van der Waals surface area contributed by atoms with Gasteiger partial charge < -0.3 is 5.11 Å². The molecule has 0 aromatic carbocycles. The Morgan fingerprint density at radius 2 is 2.07 bits per heavy atom. The fourth-order valence-corrected chi connectivity index (χ4v) is 1.99. The number of hydrogen-bond acceptors (Lipinski definition) is 2. The summed E-state index contributed by atoms with van der Waals surface area (Å²) >= 11 is 0. The largest absolute Gasteiger partial charge is 0.478 e. The number of aliphatic carboxylic acids is 1. The molecule has 1 saturated carbocycles. The van der Waals surface area contributed by atoms with Crippen molar-refractivity contribution >= 4 is 5.97 Å². The smallest absolute Gasteiger partial charge is 0.328 e. The van der Waals surface area contributed by atoms with Crippen molar-refractivity contribution in [1.82, 2.24) is 4.90 Å². The molecule has 0 amide bonds. The molecule has 0 aromatic heterocycles. The fraction of sp³-hybridized carbons (Fsp3) is 0.727. The lowest BCUT2D eigenvalue weighted by Gasteiger charge is -2.30. The van der Waals surface area contributed by atoms with Gasteiger partial charge in [-0.25, -0.2) is 4.79 Å². The van der Waals surface area contributed by atoms with Crippen molar-refractivity contribution in [3.63, 3.8) is 0 Å². The molecule has 0 heterocycles. The molecule has 1 fully saturated rings. The molecule has 0 saturated heterocycles. The standard InChI is InChI=1S/C11H19NO2/c1-12(9-5-8-11(13)14)10-6-3-2-4-7-10/h5,8,10H,2-4,6-7,9H2,1H3,(H,13,14). The van der Waals surface area contributed by atoms with Gasteiger partial charge in [-0.2, -0.15) is 0 Å². The van der Waals surface area contributed by atoms with Crippen molar-refractivity contribution < 1.29 is 9.90 Å². The zero-order valence-corrected chi connectivity index (χ0v) is 8.78. The monoisotopic (exact) mass is 197 g/mol. The predicted octanol–water partition coefficient (Wildman–Crippen LogP) is 1.89. The van der Waals surface area contributed by atoms with E-state index < -0.39 is 5.97 Å². The van der Waals surface area contributed by atoms with Crippen LogP contribution in [0.3, 0.4) is 0 Å². The summed E-state index contributed by atoms with van der Waals surface area (Å²) in [5.74, 6) is -0.859. The van der Waals surface area contributed by atoms with E-state index >= 15 is 0 Å². The molecular weight excluding hydrogens is 178 g/mol. The van der Waals surface area contributed by atoms with Crippen molar-refractivity contribution in [3.8, 4) is 0 Å².